The van der Waals surface area contributed by atoms with Crippen molar-refractivity contribution in [1.82, 2.24) is 4.90 Å². The molecule has 1 aliphatic heterocycles. The number of amides is 1. The van der Waals surface area contributed by atoms with Crippen LogP contribution in [0, 0.1) is 0 Å². The van der Waals surface area contributed by atoms with Crippen LogP contribution in [-0.2, 0) is 14.6 Å². The van der Waals surface area contributed by atoms with Crippen LogP contribution in [0.5, 0.6) is 0 Å². The second-order valence-electron chi connectivity index (χ2n) is 7.08. The van der Waals surface area contributed by atoms with Crippen LogP contribution >= 0.6 is 11.6 Å². The smallest absolute Gasteiger partial charge is 0.243 e. The van der Waals surface area contributed by atoms with Gasteiger partial charge < -0.3 is 9.80 Å². The van der Waals surface area contributed by atoms with E-state index in [2.05, 4.69) is 4.90 Å². The van der Waals surface area contributed by atoms with Gasteiger partial charge in [-0.05, 0) is 50.2 Å². The lowest BCUT2D eigenvalue weighted by atomic mass is 10.1. The summed E-state index contributed by atoms with van der Waals surface area (Å²) in [5.41, 5.74) is 1.11. The Morgan fingerprint density at radius 2 is 1.48 bits per heavy atom. The monoisotopic (exact) mass is 406 g/mol. The molecule has 5 nitrogen and oxygen atoms in total. The van der Waals surface area contributed by atoms with E-state index in [1.807, 2.05) is 30.3 Å². The predicted octanol–water partition coefficient (Wildman–Crippen LogP) is 3.24. The molecule has 0 spiro atoms. The number of anilines is 1. The maximum Gasteiger partial charge on any atom is 0.243 e. The number of carbonyl (C=O) groups excluding carboxylic acids is 1. The number of carbonyl (C=O) groups is 1. The molecule has 1 heterocycles. The van der Waals surface area contributed by atoms with Gasteiger partial charge in [-0.25, -0.2) is 8.42 Å². The molecule has 2 aromatic rings. The van der Waals surface area contributed by atoms with E-state index in [1.54, 1.807) is 4.90 Å². The van der Waals surface area contributed by atoms with Gasteiger partial charge in [0.25, 0.3) is 0 Å². The van der Waals surface area contributed by atoms with Crippen molar-refractivity contribution in [2.24, 2.45) is 0 Å². The summed E-state index contributed by atoms with van der Waals surface area (Å²) in [6, 6.07) is 15.9. The quantitative estimate of drug-likeness (QED) is 0.782. The number of piperazine rings is 1. The molecule has 0 atom stereocenters. The van der Waals surface area contributed by atoms with Crippen molar-refractivity contribution in [3.8, 4) is 0 Å². The molecule has 1 aliphatic rings. The standard InChI is InChI=1S/C20H23ClN2O3S/c1-20(2,27(25,26)18-10-8-16(21)9-11-18)19(24)23-14-12-22(13-15-23)17-6-4-3-5-7-17/h3-11H,12-15H2,1-2H3. The third-order valence-electron chi connectivity index (χ3n) is 5.00. The van der Waals surface area contributed by atoms with Gasteiger partial charge in [-0.3, -0.25) is 4.79 Å². The first-order chi connectivity index (χ1) is 12.7. The SMILES string of the molecule is CC(C)(C(=O)N1CCN(c2ccccc2)CC1)S(=O)(=O)c1ccc(Cl)cc1. The van der Waals surface area contributed by atoms with Crippen LogP contribution in [0.25, 0.3) is 0 Å². The van der Waals surface area contributed by atoms with E-state index in [9.17, 15) is 13.2 Å². The zero-order valence-corrected chi connectivity index (χ0v) is 17.0. The minimum Gasteiger partial charge on any atom is -0.368 e. The summed E-state index contributed by atoms with van der Waals surface area (Å²) < 4.78 is 24.5. The fourth-order valence-electron chi connectivity index (χ4n) is 3.21. The van der Waals surface area contributed by atoms with Crippen molar-refractivity contribution in [3.63, 3.8) is 0 Å². The van der Waals surface area contributed by atoms with Crippen LogP contribution in [0.3, 0.4) is 0 Å². The van der Waals surface area contributed by atoms with Crippen molar-refractivity contribution >= 4 is 33.0 Å². The number of sulfone groups is 1. The average molecular weight is 407 g/mol. The van der Waals surface area contributed by atoms with E-state index < -0.39 is 14.6 Å². The second kappa shape index (κ2) is 7.52. The molecule has 144 valence electrons. The summed E-state index contributed by atoms with van der Waals surface area (Å²) in [7, 11) is -3.83. The van der Waals surface area contributed by atoms with E-state index in [-0.39, 0.29) is 10.8 Å². The number of hydrogen-bond donors (Lipinski definition) is 0. The molecule has 0 radical (unpaired) electrons. The van der Waals surface area contributed by atoms with Gasteiger partial charge in [-0.15, -0.1) is 0 Å². The van der Waals surface area contributed by atoms with Crippen LogP contribution in [0.2, 0.25) is 5.02 Å². The highest BCUT2D eigenvalue weighted by atomic mass is 35.5. The summed E-state index contributed by atoms with van der Waals surface area (Å²) in [6.45, 7) is 5.28. The molecule has 0 saturated carbocycles. The van der Waals surface area contributed by atoms with Gasteiger partial charge in [-0.1, -0.05) is 29.8 Å². The number of halogens is 1. The van der Waals surface area contributed by atoms with Crippen molar-refractivity contribution in [2.45, 2.75) is 23.5 Å². The van der Waals surface area contributed by atoms with Gasteiger partial charge in [0.05, 0.1) is 4.90 Å². The highest BCUT2D eigenvalue weighted by Gasteiger charge is 2.45. The van der Waals surface area contributed by atoms with E-state index in [4.69, 9.17) is 11.6 Å². The Kier molecular flexibility index (Phi) is 5.49. The lowest BCUT2D eigenvalue weighted by Crippen LogP contribution is -2.56. The normalized spacial score (nSPS) is 15.7. The van der Waals surface area contributed by atoms with E-state index >= 15 is 0 Å². The van der Waals surface area contributed by atoms with Gasteiger partial charge in [0, 0.05) is 36.9 Å². The molecule has 1 amide bonds. The minimum atomic E-state index is -3.83. The van der Waals surface area contributed by atoms with E-state index in [1.165, 1.54) is 38.1 Å². The van der Waals surface area contributed by atoms with Crippen LogP contribution in [-0.4, -0.2) is 50.2 Å². The molecule has 3 rings (SSSR count). The largest absolute Gasteiger partial charge is 0.368 e. The van der Waals surface area contributed by atoms with Gasteiger partial charge in [-0.2, -0.15) is 0 Å². The number of para-hydroxylation sites is 1. The molecule has 7 heteroatoms. The maximum atomic E-state index is 13.1. The molecule has 0 unspecified atom stereocenters. The third kappa shape index (κ3) is 3.82. The van der Waals surface area contributed by atoms with Crippen LogP contribution < -0.4 is 4.90 Å². The van der Waals surface area contributed by atoms with Crippen molar-refractivity contribution in [1.29, 1.82) is 0 Å². The number of rotatable bonds is 4. The highest BCUT2D eigenvalue weighted by molar-refractivity contribution is 7.93. The van der Waals surface area contributed by atoms with E-state index in [0.29, 0.717) is 31.2 Å². The molecule has 0 N–H and O–H groups in total. The average Bonchev–Trinajstić information content (AvgIpc) is 2.68. The molecular weight excluding hydrogens is 384 g/mol. The highest BCUT2D eigenvalue weighted by Crippen LogP contribution is 2.29. The number of hydrogen-bond acceptors (Lipinski definition) is 4. The van der Waals surface area contributed by atoms with Crippen LogP contribution in [0.1, 0.15) is 13.8 Å². The van der Waals surface area contributed by atoms with Crippen molar-refractivity contribution in [3.05, 3.63) is 59.6 Å². The Balaban J connectivity index is 1.74. The van der Waals surface area contributed by atoms with Gasteiger partial charge in [0.2, 0.25) is 5.91 Å². The lowest BCUT2D eigenvalue weighted by Gasteiger charge is -2.39. The summed E-state index contributed by atoms with van der Waals surface area (Å²) in [5, 5.41) is 0.454. The zero-order valence-electron chi connectivity index (χ0n) is 15.4. The Morgan fingerprint density at radius 3 is 2.04 bits per heavy atom. The van der Waals surface area contributed by atoms with Crippen LogP contribution in [0.15, 0.2) is 59.5 Å². The Morgan fingerprint density at radius 1 is 0.926 bits per heavy atom. The predicted molar refractivity (Wildman–Crippen MR) is 108 cm³/mol. The first-order valence-corrected chi connectivity index (χ1v) is 10.7. The summed E-state index contributed by atoms with van der Waals surface area (Å²) in [4.78, 5) is 17.0. The fraction of sp³-hybridized carbons (Fsp3) is 0.350. The molecule has 27 heavy (non-hydrogen) atoms. The molecule has 0 bridgehead atoms. The number of benzene rings is 2. The van der Waals surface area contributed by atoms with Gasteiger partial charge in [0.15, 0.2) is 9.84 Å². The second-order valence-corrected chi connectivity index (χ2v) is 10.0. The fourth-order valence-corrected chi connectivity index (χ4v) is 4.78. The van der Waals surface area contributed by atoms with Crippen molar-refractivity contribution < 1.29 is 13.2 Å². The maximum absolute atomic E-state index is 13.1. The Hall–Kier alpha value is -2.05. The first kappa shape index (κ1) is 19.7. The first-order valence-electron chi connectivity index (χ1n) is 8.83. The minimum absolute atomic E-state index is 0.105. The number of nitrogens with zero attached hydrogens (tertiary/aromatic N) is 2. The third-order valence-corrected chi connectivity index (χ3v) is 7.66. The van der Waals surface area contributed by atoms with E-state index in [0.717, 1.165) is 5.69 Å². The summed E-state index contributed by atoms with van der Waals surface area (Å²) in [6.07, 6.45) is 0. The summed E-state index contributed by atoms with van der Waals surface area (Å²) in [5.74, 6) is -0.370. The van der Waals surface area contributed by atoms with Crippen LogP contribution in [0.4, 0.5) is 5.69 Å². The molecule has 1 fully saturated rings. The molecule has 0 aromatic heterocycles. The molecule has 1 saturated heterocycles. The Labute approximate surface area is 165 Å². The summed E-state index contributed by atoms with van der Waals surface area (Å²) >= 11 is 5.85. The van der Waals surface area contributed by atoms with Gasteiger partial charge >= 0.3 is 0 Å². The zero-order chi connectivity index (χ0) is 19.7. The molecule has 2 aromatic carbocycles. The lowest BCUT2D eigenvalue weighted by molar-refractivity contribution is -0.133. The van der Waals surface area contributed by atoms with Gasteiger partial charge in [0.1, 0.15) is 4.75 Å². The topological polar surface area (TPSA) is 57.7 Å². The van der Waals surface area contributed by atoms with Crippen molar-refractivity contribution in [2.75, 3.05) is 31.1 Å². The molecular formula is C20H23ClN2O3S. The Bertz CT molecular complexity index is 904. The molecule has 0 aliphatic carbocycles.